The normalized spacial score (nSPS) is 18.7. The molecule has 2 heterocycles. The summed E-state index contributed by atoms with van der Waals surface area (Å²) in [4.78, 5) is 9.19. The van der Waals surface area contributed by atoms with Crippen molar-refractivity contribution >= 4 is 28.6 Å². The zero-order valence-electron chi connectivity index (χ0n) is 17.9. The molecule has 164 valence electrons. The van der Waals surface area contributed by atoms with E-state index < -0.39 is 0 Å². The molecular formula is C25H27ClN6. The number of rotatable bonds is 6. The van der Waals surface area contributed by atoms with Crippen molar-refractivity contribution in [3.05, 3.63) is 70.9 Å². The highest BCUT2D eigenvalue weighted by atomic mass is 35.5. The van der Waals surface area contributed by atoms with Gasteiger partial charge in [-0.1, -0.05) is 48.0 Å². The fraction of sp³-hybridized carbons (Fsp3) is 0.320. The molecule has 6 nitrogen and oxygen atoms in total. The molecule has 0 aliphatic heterocycles. The number of aromatic amines is 1. The Labute approximate surface area is 192 Å². The van der Waals surface area contributed by atoms with Crippen molar-refractivity contribution in [3.63, 3.8) is 0 Å². The maximum atomic E-state index is 6.31. The van der Waals surface area contributed by atoms with Gasteiger partial charge in [-0.2, -0.15) is 10.1 Å². The van der Waals surface area contributed by atoms with Gasteiger partial charge in [0.2, 0.25) is 5.95 Å². The molecular weight excluding hydrogens is 420 g/mol. The van der Waals surface area contributed by atoms with Gasteiger partial charge in [0, 0.05) is 28.9 Å². The van der Waals surface area contributed by atoms with Gasteiger partial charge in [-0.15, -0.1) is 0 Å². The van der Waals surface area contributed by atoms with Crippen LogP contribution in [0.25, 0.3) is 22.3 Å². The number of halogens is 1. The summed E-state index contributed by atoms with van der Waals surface area (Å²) in [7, 11) is 0. The Bertz CT molecular complexity index is 1210. The summed E-state index contributed by atoms with van der Waals surface area (Å²) in [6.07, 6.45) is 7.86. The van der Waals surface area contributed by atoms with Gasteiger partial charge in [-0.25, -0.2) is 4.98 Å². The molecule has 0 amide bonds. The molecule has 0 bridgehead atoms. The SMILES string of the molecule is NC1CCC(Nc2ncc3c(-c4cccc(CCc5ccccc5Cl)c4)[nH]nc3n2)CC1. The average molecular weight is 447 g/mol. The minimum absolute atomic E-state index is 0.325. The van der Waals surface area contributed by atoms with E-state index in [4.69, 9.17) is 17.3 Å². The van der Waals surface area contributed by atoms with Gasteiger partial charge >= 0.3 is 0 Å². The Balaban J connectivity index is 1.32. The second-order valence-electron chi connectivity index (χ2n) is 8.58. The largest absolute Gasteiger partial charge is 0.351 e. The molecule has 0 saturated heterocycles. The number of nitrogens with two attached hydrogens (primary N) is 1. The molecule has 1 fully saturated rings. The highest BCUT2D eigenvalue weighted by Gasteiger charge is 2.19. The van der Waals surface area contributed by atoms with E-state index in [9.17, 15) is 0 Å². The topological polar surface area (TPSA) is 92.5 Å². The van der Waals surface area contributed by atoms with Crippen LogP contribution < -0.4 is 11.1 Å². The van der Waals surface area contributed by atoms with E-state index in [2.05, 4.69) is 55.8 Å². The minimum atomic E-state index is 0.325. The van der Waals surface area contributed by atoms with Crippen LogP contribution in [-0.2, 0) is 12.8 Å². The van der Waals surface area contributed by atoms with E-state index in [-0.39, 0.29) is 0 Å². The number of aryl methyl sites for hydroxylation is 2. The number of nitrogens with one attached hydrogen (secondary N) is 2. The van der Waals surface area contributed by atoms with Gasteiger partial charge in [0.15, 0.2) is 5.65 Å². The number of benzene rings is 2. The van der Waals surface area contributed by atoms with Crippen LogP contribution in [0, 0.1) is 0 Å². The third kappa shape index (κ3) is 4.61. The lowest BCUT2D eigenvalue weighted by molar-refractivity contribution is 0.410. The standard InChI is InChI=1S/C25H27ClN6/c26-22-7-2-1-5-17(22)9-8-16-4-3-6-18(14-16)23-21-15-28-25(30-24(21)32-31-23)29-20-12-10-19(27)11-13-20/h1-7,14-15,19-20H,8-13,27H2,(H2,28,29,30,31,32). The first-order chi connectivity index (χ1) is 15.7. The number of hydrogen-bond donors (Lipinski definition) is 3. The van der Waals surface area contributed by atoms with Crippen molar-refractivity contribution in [1.82, 2.24) is 20.2 Å². The molecule has 1 aliphatic rings. The van der Waals surface area contributed by atoms with Crippen LogP contribution in [0.2, 0.25) is 5.02 Å². The molecule has 0 radical (unpaired) electrons. The lowest BCUT2D eigenvalue weighted by Crippen LogP contribution is -2.33. The molecule has 0 atom stereocenters. The Morgan fingerprint density at radius 1 is 1.03 bits per heavy atom. The predicted molar refractivity (Wildman–Crippen MR) is 130 cm³/mol. The van der Waals surface area contributed by atoms with Crippen molar-refractivity contribution in [2.45, 2.75) is 50.6 Å². The molecule has 2 aromatic carbocycles. The van der Waals surface area contributed by atoms with Crippen molar-refractivity contribution in [2.75, 3.05) is 5.32 Å². The Morgan fingerprint density at radius 2 is 1.88 bits per heavy atom. The summed E-state index contributed by atoms with van der Waals surface area (Å²) in [5, 5.41) is 12.8. The molecule has 1 aliphatic carbocycles. The number of aromatic nitrogens is 4. The van der Waals surface area contributed by atoms with Gasteiger partial charge < -0.3 is 11.1 Å². The maximum Gasteiger partial charge on any atom is 0.224 e. The summed E-state index contributed by atoms with van der Waals surface area (Å²) in [6.45, 7) is 0. The van der Waals surface area contributed by atoms with Crippen molar-refractivity contribution < 1.29 is 0 Å². The van der Waals surface area contributed by atoms with Crippen LogP contribution in [0.5, 0.6) is 0 Å². The maximum absolute atomic E-state index is 6.31. The van der Waals surface area contributed by atoms with Crippen molar-refractivity contribution in [1.29, 1.82) is 0 Å². The predicted octanol–water partition coefficient (Wildman–Crippen LogP) is 5.14. The van der Waals surface area contributed by atoms with Crippen LogP contribution in [0.4, 0.5) is 5.95 Å². The van der Waals surface area contributed by atoms with Gasteiger partial charge in [0.1, 0.15) is 0 Å². The molecule has 7 heteroatoms. The third-order valence-electron chi connectivity index (χ3n) is 6.27. The van der Waals surface area contributed by atoms with Gasteiger partial charge in [0.05, 0.1) is 11.1 Å². The quantitative estimate of drug-likeness (QED) is 0.381. The Hall–Kier alpha value is -2.96. The molecule has 5 rings (SSSR count). The molecule has 2 aromatic heterocycles. The fourth-order valence-electron chi connectivity index (χ4n) is 4.40. The van der Waals surface area contributed by atoms with Gasteiger partial charge in [-0.05, 0) is 61.8 Å². The third-order valence-corrected chi connectivity index (χ3v) is 6.64. The summed E-state index contributed by atoms with van der Waals surface area (Å²) in [5.74, 6) is 0.629. The molecule has 0 spiro atoms. The van der Waals surface area contributed by atoms with E-state index in [1.165, 1.54) is 11.1 Å². The molecule has 1 saturated carbocycles. The minimum Gasteiger partial charge on any atom is -0.351 e. The zero-order valence-corrected chi connectivity index (χ0v) is 18.6. The number of anilines is 1. The lowest BCUT2D eigenvalue weighted by atomic mass is 9.92. The molecule has 0 unspecified atom stereocenters. The van der Waals surface area contributed by atoms with Gasteiger partial charge in [-0.3, -0.25) is 5.10 Å². The Morgan fingerprint density at radius 3 is 2.72 bits per heavy atom. The second kappa shape index (κ2) is 9.27. The molecule has 32 heavy (non-hydrogen) atoms. The van der Waals surface area contributed by atoms with Crippen LogP contribution in [0.15, 0.2) is 54.7 Å². The number of hydrogen-bond acceptors (Lipinski definition) is 5. The zero-order chi connectivity index (χ0) is 21.9. The fourth-order valence-corrected chi connectivity index (χ4v) is 4.63. The first-order valence-corrected chi connectivity index (χ1v) is 11.6. The summed E-state index contributed by atoms with van der Waals surface area (Å²) in [5.41, 5.74) is 11.1. The summed E-state index contributed by atoms with van der Waals surface area (Å²) in [6, 6.07) is 17.2. The van der Waals surface area contributed by atoms with Crippen LogP contribution in [0.1, 0.15) is 36.8 Å². The van der Waals surface area contributed by atoms with E-state index in [0.29, 0.717) is 23.7 Å². The average Bonchev–Trinajstić information content (AvgIpc) is 3.24. The van der Waals surface area contributed by atoms with Crippen molar-refractivity contribution in [2.24, 2.45) is 5.73 Å². The number of H-pyrrole nitrogens is 1. The highest BCUT2D eigenvalue weighted by Crippen LogP contribution is 2.27. The highest BCUT2D eigenvalue weighted by molar-refractivity contribution is 6.31. The monoisotopic (exact) mass is 446 g/mol. The smallest absolute Gasteiger partial charge is 0.224 e. The first kappa shape index (κ1) is 20.9. The summed E-state index contributed by atoms with van der Waals surface area (Å²) >= 11 is 6.31. The van der Waals surface area contributed by atoms with E-state index in [1.54, 1.807) is 0 Å². The van der Waals surface area contributed by atoms with Crippen LogP contribution >= 0.6 is 11.6 Å². The molecule has 4 N–H and O–H groups in total. The van der Waals surface area contributed by atoms with E-state index >= 15 is 0 Å². The first-order valence-electron chi connectivity index (χ1n) is 11.2. The summed E-state index contributed by atoms with van der Waals surface area (Å²) < 4.78 is 0. The Kier molecular flexibility index (Phi) is 6.06. The van der Waals surface area contributed by atoms with E-state index in [1.807, 2.05) is 24.4 Å². The van der Waals surface area contributed by atoms with Crippen LogP contribution in [-0.4, -0.2) is 32.2 Å². The lowest BCUT2D eigenvalue weighted by Gasteiger charge is -2.26. The number of fused-ring (bicyclic) bond motifs is 1. The van der Waals surface area contributed by atoms with Crippen LogP contribution in [0.3, 0.4) is 0 Å². The van der Waals surface area contributed by atoms with E-state index in [0.717, 1.165) is 60.2 Å². The molecule has 4 aromatic rings. The van der Waals surface area contributed by atoms with Crippen molar-refractivity contribution in [3.8, 4) is 11.3 Å². The van der Waals surface area contributed by atoms with Gasteiger partial charge in [0.25, 0.3) is 0 Å². The second-order valence-corrected chi connectivity index (χ2v) is 8.98. The number of nitrogens with zero attached hydrogens (tertiary/aromatic N) is 3.